The van der Waals surface area contributed by atoms with E-state index in [0.717, 1.165) is 19.4 Å². The van der Waals surface area contributed by atoms with Crippen LogP contribution >= 0.6 is 43.2 Å². The number of pyridine rings is 1. The summed E-state index contributed by atoms with van der Waals surface area (Å²) in [6.45, 7) is 0. The monoisotopic (exact) mass is 347 g/mol. The quantitative estimate of drug-likeness (QED) is 0.896. The van der Waals surface area contributed by atoms with Crippen LogP contribution in [-0.2, 0) is 0 Å². The molecule has 5 heteroatoms. The van der Waals surface area contributed by atoms with Crippen molar-refractivity contribution >= 4 is 43.2 Å². The molecule has 0 bridgehead atoms. The Hall–Kier alpha value is -0.230. The normalized spacial score (nSPS) is 12.7. The van der Waals surface area contributed by atoms with Gasteiger partial charge in [0.05, 0.1) is 4.88 Å². The van der Waals surface area contributed by atoms with Gasteiger partial charge in [-0.25, -0.2) is 0 Å². The maximum absolute atomic E-state index is 10.1. The van der Waals surface area contributed by atoms with Crippen molar-refractivity contribution in [3.8, 4) is 0 Å². The number of hydrogen-bond acceptors (Lipinski definition) is 3. The van der Waals surface area contributed by atoms with Crippen LogP contribution in [0, 0.1) is 0 Å². The van der Waals surface area contributed by atoms with Gasteiger partial charge in [0.2, 0.25) is 0 Å². The predicted octanol–water partition coefficient (Wildman–Crippen LogP) is 3.75. The Morgan fingerprint density at radius 2 is 2.13 bits per heavy atom. The van der Waals surface area contributed by atoms with Crippen LogP contribution in [-0.4, -0.2) is 10.1 Å². The predicted molar refractivity (Wildman–Crippen MR) is 68.0 cm³/mol. The third-order valence-electron chi connectivity index (χ3n) is 1.93. The number of rotatable bonds is 2. The van der Waals surface area contributed by atoms with Gasteiger partial charge in [0.15, 0.2) is 0 Å². The van der Waals surface area contributed by atoms with E-state index in [0.29, 0.717) is 0 Å². The van der Waals surface area contributed by atoms with Gasteiger partial charge >= 0.3 is 0 Å². The van der Waals surface area contributed by atoms with E-state index < -0.39 is 6.10 Å². The fraction of sp³-hybridized carbons (Fsp3) is 0.100. The summed E-state index contributed by atoms with van der Waals surface area (Å²) in [7, 11) is 0. The molecule has 2 aromatic rings. The maximum Gasteiger partial charge on any atom is 0.116 e. The Balaban J connectivity index is 2.36. The Kier molecular flexibility index (Phi) is 3.56. The first kappa shape index (κ1) is 11.3. The molecular formula is C10H7Br2NOS. The number of nitrogens with zero attached hydrogens (tertiary/aromatic N) is 1. The molecule has 0 saturated heterocycles. The average Bonchev–Trinajstić information content (AvgIpc) is 2.63. The van der Waals surface area contributed by atoms with Crippen molar-refractivity contribution in [3.05, 3.63) is 49.3 Å². The van der Waals surface area contributed by atoms with Crippen LogP contribution in [0.25, 0.3) is 0 Å². The van der Waals surface area contributed by atoms with E-state index >= 15 is 0 Å². The fourth-order valence-electron chi connectivity index (χ4n) is 1.23. The lowest BCUT2D eigenvalue weighted by Gasteiger charge is -2.09. The first-order valence-electron chi connectivity index (χ1n) is 4.20. The summed E-state index contributed by atoms with van der Waals surface area (Å²) < 4.78 is 1.80. The molecule has 0 radical (unpaired) electrons. The van der Waals surface area contributed by atoms with Crippen molar-refractivity contribution in [2.24, 2.45) is 0 Å². The van der Waals surface area contributed by atoms with Crippen LogP contribution in [0.1, 0.15) is 16.5 Å². The Morgan fingerprint density at radius 1 is 1.33 bits per heavy atom. The topological polar surface area (TPSA) is 33.1 Å². The number of aliphatic hydroxyl groups excluding tert-OH is 1. The molecule has 0 aliphatic rings. The van der Waals surface area contributed by atoms with Gasteiger partial charge in [-0.15, -0.1) is 11.3 Å². The smallest absolute Gasteiger partial charge is 0.116 e. The summed E-state index contributed by atoms with van der Waals surface area (Å²) in [6.07, 6.45) is 2.74. The van der Waals surface area contributed by atoms with Crippen LogP contribution in [0.3, 0.4) is 0 Å². The van der Waals surface area contributed by atoms with Crippen LogP contribution in [0.15, 0.2) is 38.9 Å². The molecule has 0 aliphatic heterocycles. The number of halogens is 2. The average molecular weight is 349 g/mol. The van der Waals surface area contributed by atoms with Crippen LogP contribution in [0.5, 0.6) is 0 Å². The highest BCUT2D eigenvalue weighted by atomic mass is 79.9. The van der Waals surface area contributed by atoms with Crippen molar-refractivity contribution in [1.29, 1.82) is 0 Å². The van der Waals surface area contributed by atoms with Gasteiger partial charge in [-0.2, -0.15) is 0 Å². The maximum atomic E-state index is 10.1. The van der Waals surface area contributed by atoms with Gasteiger partial charge < -0.3 is 5.11 Å². The molecule has 1 N–H and O–H groups in total. The standard InChI is InChI=1S/C10H7Br2NOS/c11-7-3-6(4-13-5-7)9(14)10-8(12)1-2-15-10/h1-5,9,14H. The summed E-state index contributed by atoms with van der Waals surface area (Å²) in [4.78, 5) is 4.93. The minimum absolute atomic E-state index is 0.621. The number of aliphatic hydroxyl groups is 1. The molecule has 0 saturated carbocycles. The van der Waals surface area contributed by atoms with E-state index in [-0.39, 0.29) is 0 Å². The zero-order chi connectivity index (χ0) is 10.8. The minimum Gasteiger partial charge on any atom is -0.383 e. The summed E-state index contributed by atoms with van der Waals surface area (Å²) >= 11 is 8.25. The van der Waals surface area contributed by atoms with E-state index in [9.17, 15) is 5.11 Å². The van der Waals surface area contributed by atoms with E-state index in [1.165, 1.54) is 11.3 Å². The molecule has 0 spiro atoms. The van der Waals surface area contributed by atoms with E-state index in [2.05, 4.69) is 36.8 Å². The summed E-state index contributed by atoms with van der Waals surface area (Å²) in [5, 5.41) is 12.0. The molecule has 0 fully saturated rings. The van der Waals surface area contributed by atoms with Gasteiger partial charge in [-0.05, 0) is 49.4 Å². The van der Waals surface area contributed by atoms with E-state index in [4.69, 9.17) is 0 Å². The lowest BCUT2D eigenvalue weighted by atomic mass is 10.1. The lowest BCUT2D eigenvalue weighted by Crippen LogP contribution is -1.98. The molecule has 1 unspecified atom stereocenters. The zero-order valence-electron chi connectivity index (χ0n) is 7.52. The Morgan fingerprint density at radius 3 is 2.73 bits per heavy atom. The van der Waals surface area contributed by atoms with Gasteiger partial charge in [0.25, 0.3) is 0 Å². The molecule has 15 heavy (non-hydrogen) atoms. The summed E-state index contributed by atoms with van der Waals surface area (Å²) in [5.74, 6) is 0. The van der Waals surface area contributed by atoms with Crippen molar-refractivity contribution in [3.63, 3.8) is 0 Å². The SMILES string of the molecule is OC(c1cncc(Br)c1)c1sccc1Br. The second kappa shape index (κ2) is 4.74. The van der Waals surface area contributed by atoms with Crippen molar-refractivity contribution in [2.75, 3.05) is 0 Å². The zero-order valence-corrected chi connectivity index (χ0v) is 11.5. The van der Waals surface area contributed by atoms with Crippen molar-refractivity contribution in [1.82, 2.24) is 4.98 Å². The van der Waals surface area contributed by atoms with Crippen LogP contribution in [0.4, 0.5) is 0 Å². The third kappa shape index (κ3) is 2.47. The first-order valence-corrected chi connectivity index (χ1v) is 6.66. The van der Waals surface area contributed by atoms with E-state index in [1.54, 1.807) is 12.4 Å². The highest BCUT2D eigenvalue weighted by Crippen LogP contribution is 2.33. The van der Waals surface area contributed by atoms with Gasteiger partial charge in [0.1, 0.15) is 6.10 Å². The Bertz CT molecular complexity index is 472. The lowest BCUT2D eigenvalue weighted by molar-refractivity contribution is 0.223. The molecule has 78 valence electrons. The highest BCUT2D eigenvalue weighted by Gasteiger charge is 2.15. The van der Waals surface area contributed by atoms with Gasteiger partial charge in [-0.1, -0.05) is 0 Å². The van der Waals surface area contributed by atoms with Crippen molar-refractivity contribution < 1.29 is 5.11 Å². The molecular weight excluding hydrogens is 342 g/mol. The second-order valence-corrected chi connectivity index (χ2v) is 5.69. The minimum atomic E-state index is -0.621. The molecule has 0 aromatic carbocycles. The molecule has 1 atom stereocenters. The molecule has 2 aromatic heterocycles. The summed E-state index contributed by atoms with van der Waals surface area (Å²) in [6, 6.07) is 3.79. The fourth-order valence-corrected chi connectivity index (χ4v) is 3.21. The summed E-state index contributed by atoms with van der Waals surface area (Å²) in [5.41, 5.74) is 0.785. The van der Waals surface area contributed by atoms with E-state index in [1.807, 2.05) is 17.5 Å². The largest absolute Gasteiger partial charge is 0.383 e. The van der Waals surface area contributed by atoms with Crippen LogP contribution in [0.2, 0.25) is 0 Å². The first-order chi connectivity index (χ1) is 7.18. The van der Waals surface area contributed by atoms with Crippen molar-refractivity contribution in [2.45, 2.75) is 6.10 Å². The van der Waals surface area contributed by atoms with Gasteiger partial charge in [-0.3, -0.25) is 4.98 Å². The molecule has 2 rings (SSSR count). The third-order valence-corrected chi connectivity index (χ3v) is 4.29. The number of aromatic nitrogens is 1. The molecule has 2 heterocycles. The molecule has 0 amide bonds. The molecule has 0 aliphatic carbocycles. The Labute approximate surface area is 108 Å². The van der Waals surface area contributed by atoms with Gasteiger partial charge in [0, 0.05) is 26.9 Å². The number of hydrogen-bond donors (Lipinski definition) is 1. The number of thiophene rings is 1. The highest BCUT2D eigenvalue weighted by molar-refractivity contribution is 9.10. The second-order valence-electron chi connectivity index (χ2n) is 2.97. The van der Waals surface area contributed by atoms with Crippen LogP contribution < -0.4 is 0 Å². The molecule has 2 nitrogen and oxygen atoms in total.